The molecule has 2 rings (SSSR count). The van der Waals surface area contributed by atoms with E-state index in [1.165, 1.54) is 0 Å². The van der Waals surface area contributed by atoms with Crippen molar-refractivity contribution in [2.45, 2.75) is 6.92 Å². The third kappa shape index (κ3) is 2.79. The summed E-state index contributed by atoms with van der Waals surface area (Å²) in [5, 5.41) is 2.52. The molecule has 0 aliphatic heterocycles. The molecule has 1 aliphatic carbocycles. The maximum Gasteiger partial charge on any atom is 0.234 e. The fraction of sp³-hybridized carbons (Fsp3) is 0.214. The Hall–Kier alpha value is -1.98. The molecule has 20 heavy (non-hydrogen) atoms. The van der Waals surface area contributed by atoms with E-state index in [4.69, 9.17) is 5.73 Å². The van der Waals surface area contributed by atoms with Gasteiger partial charge in [-0.1, -0.05) is 24.3 Å². The maximum absolute atomic E-state index is 12.3. The number of nitrogens with one attached hydrogen (secondary N) is 1. The summed E-state index contributed by atoms with van der Waals surface area (Å²) in [5.74, 6) is -0.753. The van der Waals surface area contributed by atoms with Gasteiger partial charge in [0.25, 0.3) is 0 Å². The van der Waals surface area contributed by atoms with E-state index in [0.29, 0.717) is 22.3 Å². The van der Waals surface area contributed by atoms with Crippen molar-refractivity contribution in [3.63, 3.8) is 0 Å². The highest BCUT2D eigenvalue weighted by Gasteiger charge is 2.29. The van der Waals surface area contributed by atoms with Crippen LogP contribution < -0.4 is 11.1 Å². The van der Waals surface area contributed by atoms with Gasteiger partial charge in [-0.15, -0.1) is 12.4 Å². The number of allylic oxidation sites excluding steroid dienone is 1. The summed E-state index contributed by atoms with van der Waals surface area (Å²) in [6, 6.07) is 6.68. The van der Waals surface area contributed by atoms with Crippen LogP contribution in [-0.4, -0.2) is 30.6 Å². The number of amides is 1. The van der Waals surface area contributed by atoms with E-state index in [1.807, 2.05) is 0 Å². The summed E-state index contributed by atoms with van der Waals surface area (Å²) in [6.07, 6.45) is 0. The molecule has 0 aromatic heterocycles. The van der Waals surface area contributed by atoms with Crippen molar-refractivity contribution in [1.29, 1.82) is 0 Å². The van der Waals surface area contributed by atoms with Gasteiger partial charge in [-0.25, -0.2) is 0 Å². The molecule has 0 unspecified atom stereocenters. The van der Waals surface area contributed by atoms with Crippen LogP contribution in [0.3, 0.4) is 0 Å². The van der Waals surface area contributed by atoms with Crippen molar-refractivity contribution >= 4 is 29.9 Å². The van der Waals surface area contributed by atoms with Crippen LogP contribution in [0.1, 0.15) is 27.6 Å². The van der Waals surface area contributed by atoms with E-state index in [2.05, 4.69) is 5.32 Å². The summed E-state index contributed by atoms with van der Waals surface area (Å²) < 4.78 is 0. The Morgan fingerprint density at radius 3 is 2.25 bits per heavy atom. The Morgan fingerprint density at radius 2 is 1.70 bits per heavy atom. The summed E-state index contributed by atoms with van der Waals surface area (Å²) in [5.41, 5.74) is 6.68. The number of carbonyl (C=O) groups is 3. The number of fused-ring (bicyclic) bond motifs is 1. The Balaban J connectivity index is 0.00000200. The molecule has 0 radical (unpaired) electrons. The fourth-order valence-electron chi connectivity index (χ4n) is 2.02. The second-order valence-corrected chi connectivity index (χ2v) is 4.29. The Kier molecular flexibility index (Phi) is 5.19. The Labute approximate surface area is 122 Å². The lowest BCUT2D eigenvalue weighted by Gasteiger charge is -2.19. The molecule has 1 aliphatic rings. The third-order valence-electron chi connectivity index (χ3n) is 3.13. The van der Waals surface area contributed by atoms with Gasteiger partial charge in [0.1, 0.15) is 0 Å². The molecule has 0 saturated heterocycles. The van der Waals surface area contributed by atoms with Gasteiger partial charge in [-0.2, -0.15) is 0 Å². The van der Waals surface area contributed by atoms with Crippen molar-refractivity contribution in [3.05, 3.63) is 46.5 Å². The van der Waals surface area contributed by atoms with E-state index >= 15 is 0 Å². The van der Waals surface area contributed by atoms with Crippen LogP contribution in [0.25, 0.3) is 0 Å². The highest BCUT2D eigenvalue weighted by molar-refractivity contribution is 6.26. The van der Waals surface area contributed by atoms with Gasteiger partial charge in [0.2, 0.25) is 5.91 Å². The second-order valence-electron chi connectivity index (χ2n) is 4.29. The predicted octanol–water partition coefficient (Wildman–Crippen LogP) is 0.879. The van der Waals surface area contributed by atoms with Gasteiger partial charge in [-0.3, -0.25) is 14.4 Å². The normalized spacial score (nSPS) is 13.7. The molecule has 5 nitrogen and oxygen atoms in total. The van der Waals surface area contributed by atoms with Gasteiger partial charge >= 0.3 is 0 Å². The first-order valence-electron chi connectivity index (χ1n) is 5.91. The molecule has 0 bridgehead atoms. The molecule has 0 heterocycles. The highest BCUT2D eigenvalue weighted by atomic mass is 35.5. The largest absolute Gasteiger partial charge is 0.351 e. The number of ketones is 2. The highest BCUT2D eigenvalue weighted by Crippen LogP contribution is 2.25. The third-order valence-corrected chi connectivity index (χ3v) is 3.13. The van der Waals surface area contributed by atoms with Gasteiger partial charge in [0.15, 0.2) is 11.6 Å². The summed E-state index contributed by atoms with van der Waals surface area (Å²) in [7, 11) is 0. The molecule has 106 valence electrons. The van der Waals surface area contributed by atoms with Gasteiger partial charge < -0.3 is 11.1 Å². The SMILES string of the molecule is CC1=C(CNC(=O)CN)C(=O)c2ccccc2C1=O.Cl. The lowest BCUT2D eigenvalue weighted by Crippen LogP contribution is -2.35. The van der Waals surface area contributed by atoms with Crippen LogP contribution in [0, 0.1) is 0 Å². The number of nitrogens with two attached hydrogens (primary N) is 1. The molecular weight excluding hydrogens is 280 g/mol. The maximum atomic E-state index is 12.3. The van der Waals surface area contributed by atoms with E-state index in [1.54, 1.807) is 31.2 Å². The minimum absolute atomic E-state index is 0. The van der Waals surface area contributed by atoms with Crippen molar-refractivity contribution in [2.24, 2.45) is 5.73 Å². The van der Waals surface area contributed by atoms with E-state index in [0.717, 1.165) is 0 Å². The predicted molar refractivity (Wildman–Crippen MR) is 77.1 cm³/mol. The molecule has 0 fully saturated rings. The molecule has 1 aromatic rings. The second kappa shape index (κ2) is 6.45. The Morgan fingerprint density at radius 1 is 1.15 bits per heavy atom. The molecule has 1 aromatic carbocycles. The molecule has 0 atom stereocenters. The molecule has 6 heteroatoms. The fourth-order valence-corrected chi connectivity index (χ4v) is 2.02. The number of hydrogen-bond donors (Lipinski definition) is 2. The quantitative estimate of drug-likeness (QED) is 0.866. The van der Waals surface area contributed by atoms with Crippen LogP contribution in [0.15, 0.2) is 35.4 Å². The number of rotatable bonds is 3. The number of Topliss-reactive ketones (excluding diaryl/α,β-unsaturated/α-hetero) is 2. The van der Waals surface area contributed by atoms with E-state index in [-0.39, 0.29) is 43.0 Å². The first-order chi connectivity index (χ1) is 9.06. The van der Waals surface area contributed by atoms with E-state index < -0.39 is 0 Å². The number of halogens is 1. The lowest BCUT2D eigenvalue weighted by molar-refractivity contribution is -0.119. The number of hydrogen-bond acceptors (Lipinski definition) is 4. The zero-order chi connectivity index (χ0) is 14.0. The zero-order valence-corrected chi connectivity index (χ0v) is 11.8. The average Bonchev–Trinajstić information content (AvgIpc) is 2.44. The van der Waals surface area contributed by atoms with Crippen molar-refractivity contribution < 1.29 is 14.4 Å². The minimum atomic E-state index is -0.362. The Bertz CT molecular complexity index is 608. The van der Waals surface area contributed by atoms with Gasteiger partial charge in [-0.05, 0) is 6.92 Å². The minimum Gasteiger partial charge on any atom is -0.351 e. The van der Waals surface area contributed by atoms with Crippen molar-refractivity contribution in [1.82, 2.24) is 5.32 Å². The number of carbonyl (C=O) groups excluding carboxylic acids is 3. The smallest absolute Gasteiger partial charge is 0.234 e. The van der Waals surface area contributed by atoms with Crippen LogP contribution >= 0.6 is 12.4 Å². The van der Waals surface area contributed by atoms with Crippen molar-refractivity contribution in [2.75, 3.05) is 13.1 Å². The lowest BCUT2D eigenvalue weighted by atomic mass is 9.84. The van der Waals surface area contributed by atoms with Crippen LogP contribution in [0.4, 0.5) is 0 Å². The van der Waals surface area contributed by atoms with E-state index in [9.17, 15) is 14.4 Å². The van der Waals surface area contributed by atoms with Crippen molar-refractivity contribution in [3.8, 4) is 0 Å². The number of benzene rings is 1. The topological polar surface area (TPSA) is 89.3 Å². The molecule has 1 amide bonds. The average molecular weight is 295 g/mol. The summed E-state index contributed by atoms with van der Waals surface area (Å²) >= 11 is 0. The summed E-state index contributed by atoms with van der Waals surface area (Å²) in [6.45, 7) is 1.48. The van der Waals surface area contributed by atoms with Crippen LogP contribution in [-0.2, 0) is 4.79 Å². The van der Waals surface area contributed by atoms with Crippen LogP contribution in [0.5, 0.6) is 0 Å². The first-order valence-corrected chi connectivity index (χ1v) is 5.91. The standard InChI is InChI=1S/C14H14N2O3.ClH/c1-8-11(7-16-12(17)6-15)14(19)10-5-3-2-4-9(10)13(8)18;/h2-5H,6-7,15H2,1H3,(H,16,17);1H. The molecule has 0 spiro atoms. The molecular formula is C14H15ClN2O3. The summed E-state index contributed by atoms with van der Waals surface area (Å²) in [4.78, 5) is 35.6. The van der Waals surface area contributed by atoms with Crippen LogP contribution in [0.2, 0.25) is 0 Å². The molecule has 0 saturated carbocycles. The van der Waals surface area contributed by atoms with Gasteiger partial charge in [0.05, 0.1) is 6.54 Å². The van der Waals surface area contributed by atoms with Gasteiger partial charge in [0, 0.05) is 28.8 Å². The first kappa shape index (κ1) is 16.1. The molecule has 3 N–H and O–H groups in total. The zero-order valence-electron chi connectivity index (χ0n) is 10.9. The monoisotopic (exact) mass is 294 g/mol.